The Bertz CT molecular complexity index is 1130. The average molecular weight is 571 g/mol. The van der Waals surface area contributed by atoms with Crippen molar-refractivity contribution in [3.63, 3.8) is 0 Å². The second-order valence-corrected chi connectivity index (χ2v) is 13.1. The molecule has 2 amide bonds. The Balaban J connectivity index is 2.31. The van der Waals surface area contributed by atoms with Crippen molar-refractivity contribution < 1.29 is 19.1 Å². The van der Waals surface area contributed by atoms with Gasteiger partial charge in [0.2, 0.25) is 5.91 Å². The topological polar surface area (TPSA) is 84.5 Å². The van der Waals surface area contributed by atoms with Crippen LogP contribution in [-0.4, -0.2) is 35.1 Å². The molecule has 2 rings (SSSR count). The Morgan fingerprint density at radius 2 is 1.38 bits per heavy atom. The van der Waals surface area contributed by atoms with Gasteiger partial charge < -0.3 is 15.4 Å². The number of ether oxygens (including phenoxy) is 1. The largest absolute Gasteiger partial charge is 0.477 e. The van der Waals surface area contributed by atoms with E-state index in [1.807, 2.05) is 50.2 Å². The summed E-state index contributed by atoms with van der Waals surface area (Å²) in [6, 6.07) is 18.2. The Kier molecular flexibility index (Phi) is 11.4. The van der Waals surface area contributed by atoms with Gasteiger partial charge in [0.15, 0.2) is 16.8 Å². The summed E-state index contributed by atoms with van der Waals surface area (Å²) in [7, 11) is 0. The van der Waals surface area contributed by atoms with Crippen LogP contribution in [0.4, 0.5) is 5.69 Å². The summed E-state index contributed by atoms with van der Waals surface area (Å²) in [4.78, 5) is 40.3. The molecule has 2 atom stereocenters. The van der Waals surface area contributed by atoms with E-state index in [9.17, 15) is 14.4 Å². The number of anilines is 1. The van der Waals surface area contributed by atoms with E-state index in [1.165, 1.54) is 0 Å². The highest BCUT2D eigenvalue weighted by Crippen LogP contribution is 2.44. The number of amides is 2. The molecule has 0 aliphatic heterocycles. The van der Waals surface area contributed by atoms with E-state index in [2.05, 4.69) is 38.3 Å². The van der Waals surface area contributed by atoms with Crippen LogP contribution >= 0.6 is 11.6 Å². The Morgan fingerprint density at radius 1 is 0.825 bits per heavy atom. The minimum absolute atomic E-state index is 0.00334. The zero-order valence-electron chi connectivity index (χ0n) is 25.4. The van der Waals surface area contributed by atoms with E-state index in [-0.39, 0.29) is 17.9 Å². The predicted octanol–water partition coefficient (Wildman–Crippen LogP) is 7.41. The molecule has 0 heterocycles. The quantitative estimate of drug-likeness (QED) is 0.172. The molecule has 220 valence electrons. The maximum Gasteiger partial charge on any atom is 0.264 e. The van der Waals surface area contributed by atoms with Crippen molar-refractivity contribution in [1.82, 2.24) is 5.32 Å². The molecule has 0 aliphatic rings. The van der Waals surface area contributed by atoms with E-state index < -0.39 is 33.5 Å². The Labute approximate surface area is 245 Å². The normalized spacial score (nSPS) is 14.5. The number of para-hydroxylation sites is 2. The van der Waals surface area contributed by atoms with Gasteiger partial charge in [0, 0.05) is 23.1 Å². The van der Waals surface area contributed by atoms with Crippen molar-refractivity contribution in [2.45, 2.75) is 92.1 Å². The summed E-state index contributed by atoms with van der Waals surface area (Å²) in [6.07, 6.45) is 2.94. The van der Waals surface area contributed by atoms with Crippen molar-refractivity contribution in [1.29, 1.82) is 0 Å². The number of halogens is 1. The molecule has 0 aromatic heterocycles. The molecule has 2 unspecified atom stereocenters. The van der Waals surface area contributed by atoms with Crippen molar-refractivity contribution in [2.24, 2.45) is 16.2 Å². The van der Waals surface area contributed by atoms with Crippen LogP contribution in [0.5, 0.6) is 5.75 Å². The number of benzene rings is 2. The second-order valence-electron chi connectivity index (χ2n) is 12.6. The van der Waals surface area contributed by atoms with Crippen molar-refractivity contribution in [3.05, 3.63) is 60.7 Å². The molecule has 0 bridgehead atoms. The van der Waals surface area contributed by atoms with Gasteiger partial charge >= 0.3 is 0 Å². The third-order valence-electron chi connectivity index (χ3n) is 8.35. The highest BCUT2D eigenvalue weighted by atomic mass is 35.5. The van der Waals surface area contributed by atoms with Crippen molar-refractivity contribution in [3.8, 4) is 5.75 Å². The second kappa shape index (κ2) is 13.7. The van der Waals surface area contributed by atoms with Gasteiger partial charge in [-0.3, -0.25) is 14.4 Å². The molecule has 6 nitrogen and oxygen atoms in total. The zero-order chi connectivity index (χ0) is 30.2. The maximum atomic E-state index is 14.2. The van der Waals surface area contributed by atoms with Crippen LogP contribution in [0.3, 0.4) is 0 Å². The van der Waals surface area contributed by atoms with Crippen molar-refractivity contribution in [2.75, 3.05) is 11.9 Å². The molecule has 2 N–H and O–H groups in total. The lowest BCUT2D eigenvalue weighted by Crippen LogP contribution is -2.61. The van der Waals surface area contributed by atoms with Gasteiger partial charge in [0.1, 0.15) is 5.75 Å². The monoisotopic (exact) mass is 570 g/mol. The fourth-order valence-corrected chi connectivity index (χ4v) is 4.73. The fraction of sp³-hybridized carbons (Fsp3) is 0.545. The van der Waals surface area contributed by atoms with Gasteiger partial charge in [-0.05, 0) is 48.9 Å². The summed E-state index contributed by atoms with van der Waals surface area (Å²) in [5, 5.41) is 4.30. The molecular formula is C33H47ClN2O4. The highest BCUT2D eigenvalue weighted by Gasteiger charge is 2.53. The molecule has 0 aliphatic carbocycles. The molecule has 0 saturated heterocycles. The average Bonchev–Trinajstić information content (AvgIpc) is 2.94. The number of Topliss-reactive ketones (excluding diaryl/α,β-unsaturated/α-hetero) is 1. The molecule has 0 saturated carbocycles. The first-order chi connectivity index (χ1) is 18.6. The molecule has 0 radical (unpaired) electrons. The smallest absolute Gasteiger partial charge is 0.264 e. The third-order valence-corrected chi connectivity index (χ3v) is 8.75. The van der Waals surface area contributed by atoms with Gasteiger partial charge in [-0.2, -0.15) is 0 Å². The Hall–Kier alpha value is -2.86. The van der Waals surface area contributed by atoms with Crippen LogP contribution in [0.1, 0.15) is 81.1 Å². The van der Waals surface area contributed by atoms with E-state index in [1.54, 1.807) is 38.1 Å². The lowest BCUT2D eigenvalue weighted by atomic mass is 9.67. The summed E-state index contributed by atoms with van der Waals surface area (Å²) in [5.41, 5.74) is -2.26. The summed E-state index contributed by atoms with van der Waals surface area (Å²) >= 11 is 6.34. The zero-order valence-corrected chi connectivity index (χ0v) is 26.2. The van der Waals surface area contributed by atoms with Crippen LogP contribution in [0.15, 0.2) is 60.7 Å². The van der Waals surface area contributed by atoms with Crippen LogP contribution < -0.4 is 15.4 Å². The van der Waals surface area contributed by atoms with Gasteiger partial charge in [-0.1, -0.05) is 98.2 Å². The van der Waals surface area contributed by atoms with Crippen LogP contribution in [-0.2, 0) is 14.4 Å². The van der Waals surface area contributed by atoms with E-state index >= 15 is 0 Å². The molecule has 7 heteroatoms. The highest BCUT2D eigenvalue weighted by molar-refractivity contribution is 6.43. The first-order valence-electron chi connectivity index (χ1n) is 14.2. The SMILES string of the molecule is CCC(C)(C)CCC(Oc1ccccc1)(C(=O)NCC(C)(C)C(=O)C(Cl)C(=O)Nc1ccccc1)C(C)(C)CC. The van der Waals surface area contributed by atoms with E-state index in [0.29, 0.717) is 24.3 Å². The molecular weight excluding hydrogens is 524 g/mol. The number of alkyl halides is 1. The van der Waals surface area contributed by atoms with Gasteiger partial charge in [0.05, 0.1) is 0 Å². The first kappa shape index (κ1) is 33.3. The first-order valence-corrected chi connectivity index (χ1v) is 14.6. The number of rotatable bonds is 15. The summed E-state index contributed by atoms with van der Waals surface area (Å²) in [6.45, 7) is 16.1. The molecule has 0 spiro atoms. The van der Waals surface area contributed by atoms with E-state index in [0.717, 1.165) is 12.8 Å². The lowest BCUT2D eigenvalue weighted by Gasteiger charge is -2.46. The predicted molar refractivity (Wildman–Crippen MR) is 164 cm³/mol. The number of nitrogens with one attached hydrogen (secondary N) is 2. The van der Waals surface area contributed by atoms with Crippen molar-refractivity contribution >= 4 is 34.9 Å². The summed E-state index contributed by atoms with van der Waals surface area (Å²) in [5.74, 6) is -0.745. The fourth-order valence-electron chi connectivity index (χ4n) is 4.38. The standard InChI is InChI=1S/C33H47ClN2O4/c1-9-30(3,4)21-22-33(32(7,8)10-2,40-25-19-15-12-16-20-25)29(39)35-23-31(5,6)27(37)26(34)28(38)36-24-17-13-11-14-18-24/h11-20,26H,9-10,21-23H2,1-8H3,(H,35,39)(H,36,38). The van der Waals surface area contributed by atoms with Gasteiger partial charge in [0.25, 0.3) is 5.91 Å². The Morgan fingerprint density at radius 3 is 1.90 bits per heavy atom. The minimum atomic E-state index is -1.41. The molecule has 40 heavy (non-hydrogen) atoms. The lowest BCUT2D eigenvalue weighted by molar-refractivity contribution is -0.152. The molecule has 2 aromatic rings. The third kappa shape index (κ3) is 8.33. The number of carbonyl (C=O) groups excluding carboxylic acids is 3. The molecule has 2 aromatic carbocycles. The maximum absolute atomic E-state index is 14.2. The van der Waals surface area contributed by atoms with E-state index in [4.69, 9.17) is 16.3 Å². The number of ketones is 1. The minimum Gasteiger partial charge on any atom is -0.477 e. The number of carbonyl (C=O) groups is 3. The van der Waals surface area contributed by atoms with Crippen LogP contribution in [0.25, 0.3) is 0 Å². The van der Waals surface area contributed by atoms with Crippen LogP contribution in [0.2, 0.25) is 0 Å². The molecule has 0 fully saturated rings. The summed E-state index contributed by atoms with van der Waals surface area (Å²) < 4.78 is 6.65. The number of hydrogen-bond donors (Lipinski definition) is 2. The van der Waals surface area contributed by atoms with Crippen LogP contribution in [0, 0.1) is 16.2 Å². The number of hydrogen-bond acceptors (Lipinski definition) is 4. The van der Waals surface area contributed by atoms with Gasteiger partial charge in [-0.15, -0.1) is 11.6 Å². The van der Waals surface area contributed by atoms with Gasteiger partial charge in [-0.25, -0.2) is 0 Å².